The molecule has 1 aromatic heterocycles. The quantitative estimate of drug-likeness (QED) is 0.288. The summed E-state index contributed by atoms with van der Waals surface area (Å²) >= 11 is 0. The Hall–Kier alpha value is -2.93. The zero-order valence-electron chi connectivity index (χ0n) is 17.0. The van der Waals surface area contributed by atoms with Crippen LogP contribution in [0.3, 0.4) is 0 Å². The first-order valence-electron chi connectivity index (χ1n) is 10.2. The Balaban J connectivity index is 1.47. The van der Waals surface area contributed by atoms with Gasteiger partial charge in [0.1, 0.15) is 0 Å². The number of nitrogens with one attached hydrogen (secondary N) is 2. The molecule has 30 heavy (non-hydrogen) atoms. The molecule has 1 amide bonds. The van der Waals surface area contributed by atoms with E-state index >= 15 is 0 Å². The number of benzene rings is 2. The van der Waals surface area contributed by atoms with Crippen molar-refractivity contribution in [2.75, 3.05) is 6.54 Å². The first kappa shape index (κ1) is 20.3. The van der Waals surface area contributed by atoms with Gasteiger partial charge in [-0.15, -0.1) is 0 Å². The van der Waals surface area contributed by atoms with Gasteiger partial charge in [0.2, 0.25) is 0 Å². The standard InChI is InChI=1S/C24H27N3O3/c1-16-22(21-4-2-3-5-23(21)25-16)13-19-12-20(28)15-27(19)14-18-8-6-17(7-9-18)10-11-24(29)26-30/h2-11,19-20,25,28,30H,12-15H2,1H3,(H,26,29)/t19-,20-/m1/s1. The number of β-amino-alcohol motifs (C(OH)–C–C–N with tert-alkyl or cyclic N) is 1. The Morgan fingerprint density at radius 1 is 1.23 bits per heavy atom. The van der Waals surface area contributed by atoms with Gasteiger partial charge in [-0.25, -0.2) is 5.48 Å². The van der Waals surface area contributed by atoms with E-state index < -0.39 is 5.91 Å². The predicted molar refractivity (Wildman–Crippen MR) is 117 cm³/mol. The fourth-order valence-electron chi connectivity index (χ4n) is 4.37. The third kappa shape index (κ3) is 4.46. The summed E-state index contributed by atoms with van der Waals surface area (Å²) in [6, 6.07) is 16.6. The van der Waals surface area contributed by atoms with Crippen LogP contribution in [0, 0.1) is 6.92 Å². The van der Waals surface area contributed by atoms with Crippen LogP contribution in [0.5, 0.6) is 0 Å². The Labute approximate surface area is 175 Å². The van der Waals surface area contributed by atoms with E-state index in [2.05, 4.69) is 35.0 Å². The number of carbonyl (C=O) groups excluding carboxylic acids is 1. The van der Waals surface area contributed by atoms with Crippen molar-refractivity contribution < 1.29 is 15.1 Å². The summed E-state index contributed by atoms with van der Waals surface area (Å²) < 4.78 is 0. The third-order valence-corrected chi connectivity index (χ3v) is 5.88. The van der Waals surface area contributed by atoms with Crippen LogP contribution in [-0.4, -0.2) is 44.8 Å². The summed E-state index contributed by atoms with van der Waals surface area (Å²) in [7, 11) is 0. The molecule has 0 unspecified atom stereocenters. The number of aromatic nitrogens is 1. The molecule has 4 rings (SSSR count). The number of likely N-dealkylation sites (tertiary alicyclic amines) is 1. The van der Waals surface area contributed by atoms with Crippen LogP contribution in [0.4, 0.5) is 0 Å². The molecule has 1 saturated heterocycles. The van der Waals surface area contributed by atoms with Gasteiger partial charge >= 0.3 is 0 Å². The highest BCUT2D eigenvalue weighted by atomic mass is 16.5. The smallest absolute Gasteiger partial charge is 0.267 e. The maximum absolute atomic E-state index is 11.1. The van der Waals surface area contributed by atoms with Crippen molar-refractivity contribution in [3.05, 3.63) is 77.0 Å². The molecule has 0 aliphatic carbocycles. The summed E-state index contributed by atoms with van der Waals surface area (Å²) in [6.45, 7) is 3.56. The number of nitrogens with zero attached hydrogens (tertiary/aromatic N) is 1. The lowest BCUT2D eigenvalue weighted by molar-refractivity contribution is -0.124. The van der Waals surface area contributed by atoms with Crippen molar-refractivity contribution in [3.8, 4) is 0 Å². The highest BCUT2D eigenvalue weighted by molar-refractivity contribution is 5.90. The van der Waals surface area contributed by atoms with Gasteiger partial charge in [0.15, 0.2) is 0 Å². The fourth-order valence-corrected chi connectivity index (χ4v) is 4.37. The van der Waals surface area contributed by atoms with E-state index in [4.69, 9.17) is 5.21 Å². The minimum absolute atomic E-state index is 0.283. The molecule has 0 spiro atoms. The van der Waals surface area contributed by atoms with Gasteiger partial charge in [-0.2, -0.15) is 0 Å². The second-order valence-corrected chi connectivity index (χ2v) is 8.00. The van der Waals surface area contributed by atoms with Crippen LogP contribution < -0.4 is 5.48 Å². The number of hydroxylamine groups is 1. The van der Waals surface area contributed by atoms with Gasteiger partial charge in [-0.3, -0.25) is 14.9 Å². The number of hydrogen-bond donors (Lipinski definition) is 4. The average Bonchev–Trinajstić information content (AvgIpc) is 3.26. The van der Waals surface area contributed by atoms with Crippen LogP contribution in [-0.2, 0) is 17.8 Å². The number of aliphatic hydroxyl groups excluding tert-OH is 1. The fraction of sp³-hybridized carbons (Fsp3) is 0.292. The van der Waals surface area contributed by atoms with E-state index in [9.17, 15) is 9.90 Å². The van der Waals surface area contributed by atoms with Gasteiger partial charge < -0.3 is 10.1 Å². The number of aromatic amines is 1. The highest BCUT2D eigenvalue weighted by Gasteiger charge is 2.31. The van der Waals surface area contributed by atoms with Gasteiger partial charge in [-0.1, -0.05) is 42.5 Å². The SMILES string of the molecule is Cc1[nH]c2ccccc2c1C[C@H]1C[C@@H](O)CN1Cc1ccc(C=CC(=O)NO)cc1. The number of rotatable bonds is 6. The Kier molecular flexibility index (Phi) is 5.99. The lowest BCUT2D eigenvalue weighted by Crippen LogP contribution is -2.31. The molecule has 1 aliphatic rings. The van der Waals surface area contributed by atoms with Gasteiger partial charge in [0.05, 0.1) is 6.10 Å². The summed E-state index contributed by atoms with van der Waals surface area (Å²) in [5, 5.41) is 20.1. The first-order valence-corrected chi connectivity index (χ1v) is 10.2. The van der Waals surface area contributed by atoms with Gasteiger partial charge in [-0.05, 0) is 48.6 Å². The van der Waals surface area contributed by atoms with E-state index in [1.54, 1.807) is 11.6 Å². The van der Waals surface area contributed by atoms with E-state index in [-0.39, 0.29) is 12.1 Å². The second-order valence-electron chi connectivity index (χ2n) is 8.00. The average molecular weight is 405 g/mol. The molecule has 0 radical (unpaired) electrons. The lowest BCUT2D eigenvalue weighted by Gasteiger charge is -2.24. The number of fused-ring (bicyclic) bond motifs is 1. The summed E-state index contributed by atoms with van der Waals surface area (Å²) in [6.07, 6.45) is 4.31. The number of aliphatic hydroxyl groups is 1. The molecule has 156 valence electrons. The van der Waals surface area contributed by atoms with Gasteiger partial charge in [0.25, 0.3) is 5.91 Å². The lowest BCUT2D eigenvalue weighted by atomic mass is 10.00. The topological polar surface area (TPSA) is 88.6 Å². The van der Waals surface area contributed by atoms with Crippen molar-refractivity contribution in [1.29, 1.82) is 0 Å². The van der Waals surface area contributed by atoms with Crippen LogP contribution in [0.15, 0.2) is 54.6 Å². The maximum atomic E-state index is 11.1. The number of amides is 1. The van der Waals surface area contributed by atoms with E-state index in [0.717, 1.165) is 36.0 Å². The molecule has 2 heterocycles. The maximum Gasteiger partial charge on any atom is 0.267 e. The van der Waals surface area contributed by atoms with E-state index in [1.807, 2.05) is 30.3 Å². The molecular weight excluding hydrogens is 378 g/mol. The van der Waals surface area contributed by atoms with E-state index in [1.165, 1.54) is 22.7 Å². The van der Waals surface area contributed by atoms with Crippen LogP contribution >= 0.6 is 0 Å². The van der Waals surface area contributed by atoms with Crippen LogP contribution in [0.1, 0.15) is 28.8 Å². The predicted octanol–water partition coefficient (Wildman–Crippen LogP) is 3.17. The molecule has 6 heteroatoms. The molecule has 0 bridgehead atoms. The molecule has 2 aromatic carbocycles. The van der Waals surface area contributed by atoms with Crippen LogP contribution in [0.25, 0.3) is 17.0 Å². The molecule has 4 N–H and O–H groups in total. The third-order valence-electron chi connectivity index (χ3n) is 5.88. The molecular formula is C24H27N3O3. The Morgan fingerprint density at radius 2 is 2.00 bits per heavy atom. The number of H-pyrrole nitrogens is 1. The second kappa shape index (κ2) is 8.83. The highest BCUT2D eigenvalue weighted by Crippen LogP contribution is 2.29. The molecule has 0 saturated carbocycles. The van der Waals surface area contributed by atoms with Crippen molar-refractivity contribution in [1.82, 2.24) is 15.4 Å². The molecule has 1 aliphatic heterocycles. The summed E-state index contributed by atoms with van der Waals surface area (Å²) in [5.74, 6) is -0.555. The van der Waals surface area contributed by atoms with Crippen molar-refractivity contribution >= 4 is 22.9 Å². The molecule has 1 fully saturated rings. The van der Waals surface area contributed by atoms with Crippen molar-refractivity contribution in [2.45, 2.75) is 38.5 Å². The zero-order valence-corrected chi connectivity index (χ0v) is 17.0. The normalized spacial score (nSPS) is 19.7. The minimum Gasteiger partial charge on any atom is -0.392 e. The van der Waals surface area contributed by atoms with Crippen LogP contribution in [0.2, 0.25) is 0 Å². The van der Waals surface area contributed by atoms with E-state index in [0.29, 0.717) is 6.54 Å². The summed E-state index contributed by atoms with van der Waals surface area (Å²) in [5.41, 5.74) is 7.31. The van der Waals surface area contributed by atoms with Gasteiger partial charge in [0, 0.05) is 41.8 Å². The Morgan fingerprint density at radius 3 is 2.77 bits per heavy atom. The monoisotopic (exact) mass is 405 g/mol. The van der Waals surface area contributed by atoms with Crippen molar-refractivity contribution in [2.24, 2.45) is 0 Å². The number of carbonyl (C=O) groups is 1. The Bertz CT molecular complexity index is 1060. The van der Waals surface area contributed by atoms with Crippen molar-refractivity contribution in [3.63, 3.8) is 0 Å². The molecule has 3 aromatic rings. The largest absolute Gasteiger partial charge is 0.392 e. The molecule has 2 atom stereocenters. The zero-order chi connectivity index (χ0) is 21.1. The number of para-hydroxylation sites is 1. The number of aryl methyl sites for hydroxylation is 1. The summed E-state index contributed by atoms with van der Waals surface area (Å²) in [4.78, 5) is 16.9. The molecule has 6 nitrogen and oxygen atoms in total. The first-order chi connectivity index (χ1) is 14.5. The minimum atomic E-state index is -0.555. The number of hydrogen-bond acceptors (Lipinski definition) is 4.